The van der Waals surface area contributed by atoms with Crippen LogP contribution >= 0.6 is 0 Å². The summed E-state index contributed by atoms with van der Waals surface area (Å²) >= 11 is 0. The number of amides is 2. The first-order chi connectivity index (χ1) is 16.9. The summed E-state index contributed by atoms with van der Waals surface area (Å²) in [6.07, 6.45) is 0.435. The van der Waals surface area contributed by atoms with Gasteiger partial charge in [-0.15, -0.1) is 0 Å². The Bertz CT molecular complexity index is 1180. The van der Waals surface area contributed by atoms with E-state index in [-0.39, 0.29) is 36.3 Å². The first kappa shape index (κ1) is 24.0. The third-order valence-electron chi connectivity index (χ3n) is 6.20. The van der Waals surface area contributed by atoms with Gasteiger partial charge in [-0.1, -0.05) is 55.5 Å². The van der Waals surface area contributed by atoms with Crippen molar-refractivity contribution in [3.63, 3.8) is 0 Å². The zero-order chi connectivity index (χ0) is 24.8. The van der Waals surface area contributed by atoms with Crippen molar-refractivity contribution in [1.82, 2.24) is 5.32 Å². The van der Waals surface area contributed by atoms with Gasteiger partial charge in [0, 0.05) is 24.6 Å². The molecule has 2 amide bonds. The summed E-state index contributed by atoms with van der Waals surface area (Å²) in [6.45, 7) is 2.60. The Kier molecular flexibility index (Phi) is 7.45. The molecule has 1 unspecified atom stereocenters. The predicted molar refractivity (Wildman–Crippen MR) is 134 cm³/mol. The molecule has 0 saturated carbocycles. The van der Waals surface area contributed by atoms with E-state index in [1.54, 1.807) is 12.1 Å². The van der Waals surface area contributed by atoms with Gasteiger partial charge in [0.2, 0.25) is 5.91 Å². The molecule has 3 N–H and O–H groups in total. The Balaban J connectivity index is 1.19. The van der Waals surface area contributed by atoms with Gasteiger partial charge in [-0.05, 0) is 58.9 Å². The van der Waals surface area contributed by atoms with E-state index in [2.05, 4.69) is 34.9 Å². The van der Waals surface area contributed by atoms with E-state index in [1.165, 1.54) is 34.4 Å². The number of carboxylic acids is 1. The van der Waals surface area contributed by atoms with Crippen LogP contribution in [0.25, 0.3) is 11.1 Å². The van der Waals surface area contributed by atoms with E-state index in [1.807, 2.05) is 31.2 Å². The van der Waals surface area contributed by atoms with Crippen LogP contribution in [-0.2, 0) is 9.53 Å². The fourth-order valence-corrected chi connectivity index (χ4v) is 4.40. The Hall–Kier alpha value is -4.13. The molecule has 0 heterocycles. The number of aromatic carboxylic acids is 1. The van der Waals surface area contributed by atoms with E-state index in [4.69, 9.17) is 9.84 Å². The van der Waals surface area contributed by atoms with Gasteiger partial charge in [0.15, 0.2) is 0 Å². The van der Waals surface area contributed by atoms with Crippen molar-refractivity contribution < 1.29 is 24.2 Å². The second-order valence-electron chi connectivity index (χ2n) is 8.78. The molecule has 7 heteroatoms. The van der Waals surface area contributed by atoms with Gasteiger partial charge in [0.25, 0.3) is 0 Å². The van der Waals surface area contributed by atoms with E-state index < -0.39 is 12.1 Å². The topological polar surface area (TPSA) is 105 Å². The average Bonchev–Trinajstić information content (AvgIpc) is 3.16. The summed E-state index contributed by atoms with van der Waals surface area (Å²) in [4.78, 5) is 35.4. The van der Waals surface area contributed by atoms with Crippen molar-refractivity contribution in [3.05, 3.63) is 89.5 Å². The number of fused-ring (bicyclic) bond motifs is 3. The van der Waals surface area contributed by atoms with Crippen LogP contribution in [0.15, 0.2) is 72.8 Å². The lowest BCUT2D eigenvalue weighted by atomic mass is 9.98. The van der Waals surface area contributed by atoms with E-state index in [0.717, 1.165) is 0 Å². The molecule has 0 saturated heterocycles. The molecule has 4 rings (SSSR count). The second-order valence-corrected chi connectivity index (χ2v) is 8.78. The number of hydrogen-bond acceptors (Lipinski definition) is 4. The molecule has 0 aliphatic heterocycles. The first-order valence-corrected chi connectivity index (χ1v) is 11.6. The van der Waals surface area contributed by atoms with Gasteiger partial charge in [0.05, 0.1) is 5.56 Å². The summed E-state index contributed by atoms with van der Waals surface area (Å²) in [5, 5.41) is 14.5. The lowest BCUT2D eigenvalue weighted by Crippen LogP contribution is -2.28. The molecule has 1 aliphatic rings. The Morgan fingerprint density at radius 3 is 2.11 bits per heavy atom. The monoisotopic (exact) mass is 472 g/mol. The highest BCUT2D eigenvalue weighted by atomic mass is 16.5. The number of hydrogen-bond donors (Lipinski definition) is 3. The molecule has 0 bridgehead atoms. The Morgan fingerprint density at radius 1 is 0.914 bits per heavy atom. The molecule has 1 aliphatic carbocycles. The minimum atomic E-state index is -1.01. The van der Waals surface area contributed by atoms with E-state index in [9.17, 15) is 14.4 Å². The van der Waals surface area contributed by atoms with Crippen molar-refractivity contribution in [2.75, 3.05) is 18.5 Å². The lowest BCUT2D eigenvalue weighted by molar-refractivity contribution is -0.117. The quantitative estimate of drug-likeness (QED) is 0.393. The van der Waals surface area contributed by atoms with E-state index >= 15 is 0 Å². The standard InChI is InChI=1S/C28H28N2O5/c1-18(16-26(31)30-20-12-10-19(11-13-20)27(32)33)14-15-29-28(34)35-17-25-23-8-4-2-6-21(23)22-7-3-5-9-24(22)25/h2-13,18,25H,14-17H2,1H3,(H,29,34)(H,30,31)(H,32,33). The van der Waals surface area contributed by atoms with Crippen LogP contribution in [-0.4, -0.2) is 36.2 Å². The molecule has 1 atom stereocenters. The minimum absolute atomic E-state index is 0.0142. The maximum atomic E-state index is 12.3. The van der Waals surface area contributed by atoms with Gasteiger partial charge in [-0.2, -0.15) is 0 Å². The molecule has 0 fully saturated rings. The number of carbonyl (C=O) groups excluding carboxylic acids is 2. The van der Waals surface area contributed by atoms with Crippen LogP contribution in [0.3, 0.4) is 0 Å². The SMILES string of the molecule is CC(CCNC(=O)OCC1c2ccccc2-c2ccccc21)CC(=O)Nc1ccc(C(=O)O)cc1. The van der Waals surface area contributed by atoms with Crippen LogP contribution in [0, 0.1) is 5.92 Å². The number of rotatable bonds is 9. The van der Waals surface area contributed by atoms with E-state index in [0.29, 0.717) is 18.7 Å². The van der Waals surface area contributed by atoms with Gasteiger partial charge in [-0.3, -0.25) is 4.79 Å². The highest BCUT2D eigenvalue weighted by Gasteiger charge is 2.28. The third-order valence-corrected chi connectivity index (χ3v) is 6.20. The average molecular weight is 473 g/mol. The number of ether oxygens (including phenoxy) is 1. The maximum absolute atomic E-state index is 12.3. The smallest absolute Gasteiger partial charge is 0.407 e. The van der Waals surface area contributed by atoms with Crippen molar-refractivity contribution in [2.24, 2.45) is 5.92 Å². The largest absolute Gasteiger partial charge is 0.478 e. The van der Waals surface area contributed by atoms with Gasteiger partial charge in [0.1, 0.15) is 6.61 Å². The van der Waals surface area contributed by atoms with Gasteiger partial charge < -0.3 is 20.5 Å². The highest BCUT2D eigenvalue weighted by Crippen LogP contribution is 2.44. The molecule has 0 spiro atoms. The number of carboxylic acid groups (broad SMARTS) is 1. The predicted octanol–water partition coefficient (Wildman–Crippen LogP) is 5.28. The lowest BCUT2D eigenvalue weighted by Gasteiger charge is -2.15. The summed E-state index contributed by atoms with van der Waals surface area (Å²) in [5.41, 5.74) is 5.40. The number of alkyl carbamates (subject to hydrolysis) is 1. The van der Waals surface area contributed by atoms with Crippen LogP contribution in [0.4, 0.5) is 10.5 Å². The highest BCUT2D eigenvalue weighted by molar-refractivity contribution is 5.92. The fourth-order valence-electron chi connectivity index (χ4n) is 4.40. The number of anilines is 1. The van der Waals surface area contributed by atoms with Crippen molar-refractivity contribution in [1.29, 1.82) is 0 Å². The van der Waals surface area contributed by atoms with Crippen LogP contribution in [0.2, 0.25) is 0 Å². The zero-order valence-electron chi connectivity index (χ0n) is 19.5. The summed E-state index contributed by atoms with van der Waals surface area (Å²) in [6, 6.07) is 22.4. The van der Waals surface area contributed by atoms with Crippen molar-refractivity contribution >= 4 is 23.7 Å². The first-order valence-electron chi connectivity index (χ1n) is 11.6. The number of nitrogens with one attached hydrogen (secondary N) is 2. The van der Waals surface area contributed by atoms with Crippen LogP contribution < -0.4 is 10.6 Å². The number of benzene rings is 3. The molecule has 0 aromatic heterocycles. The minimum Gasteiger partial charge on any atom is -0.478 e. The number of carbonyl (C=O) groups is 3. The molecule has 7 nitrogen and oxygen atoms in total. The molecular weight excluding hydrogens is 444 g/mol. The fraction of sp³-hybridized carbons (Fsp3) is 0.250. The second kappa shape index (κ2) is 10.9. The van der Waals surface area contributed by atoms with Crippen molar-refractivity contribution in [3.8, 4) is 11.1 Å². The zero-order valence-corrected chi connectivity index (χ0v) is 19.5. The summed E-state index contributed by atoms with van der Waals surface area (Å²) in [5.74, 6) is -1.12. The van der Waals surface area contributed by atoms with Crippen LogP contribution in [0.1, 0.15) is 47.2 Å². The Labute approximate surface area is 204 Å². The molecule has 3 aromatic carbocycles. The normalized spacial score (nSPS) is 12.8. The third kappa shape index (κ3) is 5.87. The molecule has 0 radical (unpaired) electrons. The summed E-state index contributed by atoms with van der Waals surface area (Å²) in [7, 11) is 0. The molecule has 3 aromatic rings. The molecule has 35 heavy (non-hydrogen) atoms. The molecular formula is C28H28N2O5. The maximum Gasteiger partial charge on any atom is 0.407 e. The van der Waals surface area contributed by atoms with Crippen LogP contribution in [0.5, 0.6) is 0 Å². The van der Waals surface area contributed by atoms with Crippen molar-refractivity contribution in [2.45, 2.75) is 25.7 Å². The van der Waals surface area contributed by atoms with Gasteiger partial charge in [-0.25, -0.2) is 9.59 Å². The Morgan fingerprint density at radius 2 is 1.51 bits per heavy atom. The van der Waals surface area contributed by atoms with Gasteiger partial charge >= 0.3 is 12.1 Å². The molecule has 180 valence electrons. The summed E-state index contributed by atoms with van der Waals surface area (Å²) < 4.78 is 5.54.